The standard InChI is InChI=1S/C33H42N6O/c1-25-7-6-8-31(35-25)32-23-27(13-17-34-2)30(24-40)33(37-32)36-28-11-9-26(10-12-28)14-20-38-21-15-29(16-22-38)39-18-4-3-5-19-39/h6-13,17,23-24,29,34H,3-5,14-16,18-22H2,1-2H3,(H,36,37)/b17-13-. The summed E-state index contributed by atoms with van der Waals surface area (Å²) in [4.78, 5) is 27.0. The number of anilines is 2. The van der Waals surface area contributed by atoms with E-state index in [4.69, 9.17) is 4.98 Å². The Hall–Kier alpha value is -3.55. The second-order valence-corrected chi connectivity index (χ2v) is 11.0. The lowest BCUT2D eigenvalue weighted by Crippen LogP contribution is -2.47. The quantitative estimate of drug-likeness (QED) is 0.321. The molecule has 2 aromatic heterocycles. The molecule has 4 heterocycles. The van der Waals surface area contributed by atoms with Gasteiger partial charge in [0.2, 0.25) is 0 Å². The highest BCUT2D eigenvalue weighted by molar-refractivity contribution is 5.91. The van der Waals surface area contributed by atoms with Gasteiger partial charge in [0.1, 0.15) is 5.82 Å². The molecular formula is C33H42N6O. The predicted octanol–water partition coefficient (Wildman–Crippen LogP) is 5.69. The number of carbonyl (C=O) groups excluding carboxylic acids is 1. The van der Waals surface area contributed by atoms with Gasteiger partial charge >= 0.3 is 0 Å². The van der Waals surface area contributed by atoms with E-state index in [1.807, 2.05) is 50.5 Å². The number of aryl methyl sites for hydroxylation is 1. The maximum atomic E-state index is 12.1. The summed E-state index contributed by atoms with van der Waals surface area (Å²) in [5, 5.41) is 6.40. The third kappa shape index (κ3) is 7.14. The Labute approximate surface area is 238 Å². The molecule has 2 N–H and O–H groups in total. The van der Waals surface area contributed by atoms with E-state index in [0.717, 1.165) is 47.9 Å². The molecule has 0 aliphatic carbocycles. The second-order valence-electron chi connectivity index (χ2n) is 11.0. The first kappa shape index (κ1) is 28.0. The van der Waals surface area contributed by atoms with Crippen molar-refractivity contribution in [1.29, 1.82) is 0 Å². The average Bonchev–Trinajstić information content (AvgIpc) is 3.00. The fourth-order valence-electron chi connectivity index (χ4n) is 5.89. The van der Waals surface area contributed by atoms with Gasteiger partial charge in [0.05, 0.1) is 17.0 Å². The van der Waals surface area contributed by atoms with Gasteiger partial charge in [0.15, 0.2) is 6.29 Å². The summed E-state index contributed by atoms with van der Waals surface area (Å²) < 4.78 is 0. The zero-order valence-corrected chi connectivity index (χ0v) is 23.9. The van der Waals surface area contributed by atoms with Gasteiger partial charge in [0, 0.05) is 31.0 Å². The minimum atomic E-state index is 0.514. The number of piperidine rings is 2. The first-order chi connectivity index (χ1) is 19.6. The molecule has 5 rings (SSSR count). The molecule has 2 aliphatic heterocycles. The summed E-state index contributed by atoms with van der Waals surface area (Å²) >= 11 is 0. The molecule has 0 radical (unpaired) electrons. The smallest absolute Gasteiger partial charge is 0.154 e. The van der Waals surface area contributed by atoms with Crippen LogP contribution in [0.15, 0.2) is 54.7 Å². The summed E-state index contributed by atoms with van der Waals surface area (Å²) in [5.74, 6) is 0.524. The van der Waals surface area contributed by atoms with Crippen LogP contribution in [0.2, 0.25) is 0 Å². The molecule has 2 saturated heterocycles. The zero-order valence-electron chi connectivity index (χ0n) is 23.9. The van der Waals surface area contributed by atoms with E-state index in [1.54, 1.807) is 0 Å². The highest BCUT2D eigenvalue weighted by Gasteiger charge is 2.25. The molecular weight excluding hydrogens is 496 g/mol. The molecule has 3 aromatic rings. The topological polar surface area (TPSA) is 73.4 Å². The van der Waals surface area contributed by atoms with Crippen molar-refractivity contribution < 1.29 is 4.79 Å². The molecule has 0 amide bonds. The van der Waals surface area contributed by atoms with Crippen LogP contribution < -0.4 is 10.6 Å². The fraction of sp³-hybridized carbons (Fsp3) is 0.424. The molecule has 0 bridgehead atoms. The number of nitrogens with zero attached hydrogens (tertiary/aromatic N) is 4. The lowest BCUT2D eigenvalue weighted by molar-refractivity contribution is 0.0931. The van der Waals surface area contributed by atoms with Crippen LogP contribution in [0.25, 0.3) is 17.5 Å². The predicted molar refractivity (Wildman–Crippen MR) is 164 cm³/mol. The van der Waals surface area contributed by atoms with Crippen molar-refractivity contribution in [2.45, 2.75) is 51.5 Å². The number of benzene rings is 1. The Kier molecular flexibility index (Phi) is 9.58. The van der Waals surface area contributed by atoms with Crippen LogP contribution in [0, 0.1) is 6.92 Å². The fourth-order valence-corrected chi connectivity index (χ4v) is 5.89. The van der Waals surface area contributed by atoms with Gasteiger partial charge in [-0.15, -0.1) is 0 Å². The van der Waals surface area contributed by atoms with Gasteiger partial charge in [-0.2, -0.15) is 0 Å². The first-order valence-corrected chi connectivity index (χ1v) is 14.7. The van der Waals surface area contributed by atoms with E-state index < -0.39 is 0 Å². The van der Waals surface area contributed by atoms with Crippen LogP contribution in [-0.2, 0) is 6.42 Å². The number of likely N-dealkylation sites (tertiary alicyclic amines) is 2. The maximum absolute atomic E-state index is 12.1. The Bertz CT molecular complexity index is 1290. The van der Waals surface area contributed by atoms with Crippen LogP contribution in [0.4, 0.5) is 11.5 Å². The summed E-state index contributed by atoms with van der Waals surface area (Å²) in [5.41, 5.74) is 5.92. The molecule has 0 spiro atoms. The lowest BCUT2D eigenvalue weighted by atomic mass is 9.99. The van der Waals surface area contributed by atoms with E-state index in [9.17, 15) is 4.79 Å². The van der Waals surface area contributed by atoms with Crippen LogP contribution in [-0.4, -0.2) is 71.9 Å². The highest BCUT2D eigenvalue weighted by Crippen LogP contribution is 2.28. The van der Waals surface area contributed by atoms with Gasteiger partial charge < -0.3 is 20.4 Å². The number of rotatable bonds is 10. The summed E-state index contributed by atoms with van der Waals surface area (Å²) in [6.07, 6.45) is 12.4. The Balaban J connectivity index is 1.23. The van der Waals surface area contributed by atoms with Gasteiger partial charge in [-0.25, -0.2) is 4.98 Å². The Morgan fingerprint density at radius 1 is 0.950 bits per heavy atom. The summed E-state index contributed by atoms with van der Waals surface area (Å²) in [6.45, 7) is 8.08. The van der Waals surface area contributed by atoms with E-state index in [0.29, 0.717) is 17.1 Å². The van der Waals surface area contributed by atoms with Crippen molar-refractivity contribution >= 4 is 23.9 Å². The SMILES string of the molecule is CN/C=C\c1cc(-c2cccc(C)n2)nc(Nc2ccc(CCN3CCC(N4CCCCC4)CC3)cc2)c1C=O. The average molecular weight is 539 g/mol. The van der Waals surface area contributed by atoms with Crippen LogP contribution in [0.1, 0.15) is 59.3 Å². The number of nitrogens with one attached hydrogen (secondary N) is 2. The van der Waals surface area contributed by atoms with Crippen molar-refractivity contribution in [2.24, 2.45) is 0 Å². The van der Waals surface area contributed by atoms with Crippen molar-refractivity contribution in [1.82, 2.24) is 25.1 Å². The molecule has 40 heavy (non-hydrogen) atoms. The van der Waals surface area contributed by atoms with Crippen LogP contribution in [0.3, 0.4) is 0 Å². The number of hydrogen-bond donors (Lipinski definition) is 2. The normalized spacial score (nSPS) is 17.2. The summed E-state index contributed by atoms with van der Waals surface area (Å²) in [7, 11) is 1.83. The molecule has 7 nitrogen and oxygen atoms in total. The monoisotopic (exact) mass is 538 g/mol. The maximum Gasteiger partial charge on any atom is 0.154 e. The number of aldehydes is 1. The minimum absolute atomic E-state index is 0.514. The highest BCUT2D eigenvalue weighted by atomic mass is 16.1. The third-order valence-electron chi connectivity index (χ3n) is 8.19. The summed E-state index contributed by atoms with van der Waals surface area (Å²) in [6, 6.07) is 17.1. The number of hydrogen-bond acceptors (Lipinski definition) is 7. The van der Waals surface area contributed by atoms with E-state index in [2.05, 4.69) is 49.7 Å². The van der Waals surface area contributed by atoms with Crippen molar-refractivity contribution in [3.05, 3.63) is 77.1 Å². The molecule has 0 unspecified atom stereocenters. The van der Waals surface area contributed by atoms with E-state index in [-0.39, 0.29) is 0 Å². The molecule has 7 heteroatoms. The molecule has 1 aromatic carbocycles. The Morgan fingerprint density at radius 2 is 1.73 bits per heavy atom. The van der Waals surface area contributed by atoms with Gasteiger partial charge in [0.25, 0.3) is 0 Å². The van der Waals surface area contributed by atoms with Crippen LogP contribution in [0.5, 0.6) is 0 Å². The van der Waals surface area contributed by atoms with Crippen molar-refractivity contribution in [3.63, 3.8) is 0 Å². The number of carbonyl (C=O) groups is 1. The first-order valence-electron chi connectivity index (χ1n) is 14.7. The number of aromatic nitrogens is 2. The van der Waals surface area contributed by atoms with E-state index in [1.165, 1.54) is 63.8 Å². The van der Waals surface area contributed by atoms with Crippen LogP contribution >= 0.6 is 0 Å². The minimum Gasteiger partial charge on any atom is -0.394 e. The largest absolute Gasteiger partial charge is 0.394 e. The Morgan fingerprint density at radius 3 is 2.42 bits per heavy atom. The molecule has 2 aliphatic rings. The second kappa shape index (κ2) is 13.7. The molecule has 210 valence electrons. The molecule has 0 saturated carbocycles. The van der Waals surface area contributed by atoms with Gasteiger partial charge in [-0.1, -0.05) is 24.6 Å². The lowest BCUT2D eigenvalue weighted by Gasteiger charge is -2.40. The third-order valence-corrected chi connectivity index (χ3v) is 8.19. The van der Waals surface area contributed by atoms with Gasteiger partial charge in [-0.3, -0.25) is 9.78 Å². The van der Waals surface area contributed by atoms with Crippen molar-refractivity contribution in [2.75, 3.05) is 45.1 Å². The van der Waals surface area contributed by atoms with Gasteiger partial charge in [-0.05, 0) is 119 Å². The zero-order chi connectivity index (χ0) is 27.7. The molecule has 0 atom stereocenters. The van der Waals surface area contributed by atoms with E-state index >= 15 is 0 Å². The molecule has 2 fully saturated rings. The van der Waals surface area contributed by atoms with Crippen molar-refractivity contribution in [3.8, 4) is 11.4 Å². The number of pyridine rings is 2.